The molecule has 0 atom stereocenters. The lowest BCUT2D eigenvalue weighted by atomic mass is 10.2. The lowest BCUT2D eigenvalue weighted by Gasteiger charge is -2.12. The predicted octanol–water partition coefficient (Wildman–Crippen LogP) is 3.81. The van der Waals surface area contributed by atoms with Gasteiger partial charge in [0.25, 0.3) is 5.91 Å². The van der Waals surface area contributed by atoms with Gasteiger partial charge in [0.2, 0.25) is 5.76 Å². The maximum Gasteiger partial charge on any atom is 0.294 e. The van der Waals surface area contributed by atoms with E-state index in [-0.39, 0.29) is 11.7 Å². The summed E-state index contributed by atoms with van der Waals surface area (Å²) in [6, 6.07) is 15.0. The van der Waals surface area contributed by atoms with Crippen LogP contribution in [0, 0.1) is 13.8 Å². The fraction of sp³-hybridized carbons (Fsp3) is 0.167. The van der Waals surface area contributed by atoms with E-state index in [1.54, 1.807) is 6.07 Å². The van der Waals surface area contributed by atoms with Crippen molar-refractivity contribution in [1.82, 2.24) is 0 Å². The highest BCUT2D eigenvalue weighted by Gasteiger charge is 2.14. The van der Waals surface area contributed by atoms with Crippen LogP contribution < -0.4 is 10.1 Å². The van der Waals surface area contributed by atoms with Crippen molar-refractivity contribution in [1.29, 1.82) is 0 Å². The average Bonchev–Trinajstić information content (AvgIpc) is 2.49. The molecule has 0 bridgehead atoms. The summed E-state index contributed by atoms with van der Waals surface area (Å²) in [7, 11) is 1.47. The largest absolute Gasteiger partial charge is 0.500 e. The topological polar surface area (TPSA) is 47.6 Å². The van der Waals surface area contributed by atoms with Gasteiger partial charge in [-0.15, -0.1) is 0 Å². The minimum absolute atomic E-state index is 0.0957. The summed E-state index contributed by atoms with van der Waals surface area (Å²) in [5, 5.41) is 2.80. The summed E-state index contributed by atoms with van der Waals surface area (Å²) >= 11 is 0. The van der Waals surface area contributed by atoms with E-state index < -0.39 is 0 Å². The van der Waals surface area contributed by atoms with E-state index >= 15 is 0 Å². The molecule has 1 amide bonds. The van der Waals surface area contributed by atoms with Crippen molar-refractivity contribution in [2.24, 2.45) is 0 Å². The molecule has 22 heavy (non-hydrogen) atoms. The molecule has 0 radical (unpaired) electrons. The number of hydrogen-bond donors (Lipinski definition) is 1. The van der Waals surface area contributed by atoms with Crippen LogP contribution in [0.1, 0.15) is 11.1 Å². The van der Waals surface area contributed by atoms with Gasteiger partial charge in [0.1, 0.15) is 12.0 Å². The molecule has 0 saturated heterocycles. The highest BCUT2D eigenvalue weighted by molar-refractivity contribution is 6.02. The Morgan fingerprint density at radius 2 is 1.86 bits per heavy atom. The molecular weight excluding hydrogens is 278 g/mol. The Hall–Kier alpha value is -2.75. The zero-order chi connectivity index (χ0) is 15.9. The second kappa shape index (κ2) is 7.31. The van der Waals surface area contributed by atoms with Crippen molar-refractivity contribution < 1.29 is 14.3 Å². The number of para-hydroxylation sites is 1. The van der Waals surface area contributed by atoms with Crippen molar-refractivity contribution in [2.45, 2.75) is 13.8 Å². The Morgan fingerprint density at radius 3 is 2.55 bits per heavy atom. The zero-order valence-corrected chi connectivity index (χ0v) is 12.9. The molecule has 2 aromatic rings. The summed E-state index contributed by atoms with van der Waals surface area (Å²) in [4.78, 5) is 12.3. The summed E-state index contributed by atoms with van der Waals surface area (Å²) in [6.45, 7) is 3.88. The Morgan fingerprint density at radius 1 is 1.09 bits per heavy atom. The molecule has 2 rings (SSSR count). The first kappa shape index (κ1) is 15.6. The minimum atomic E-state index is -0.365. The second-order valence-corrected chi connectivity index (χ2v) is 4.91. The first-order valence-electron chi connectivity index (χ1n) is 6.94. The van der Waals surface area contributed by atoms with E-state index in [0.717, 1.165) is 11.1 Å². The van der Waals surface area contributed by atoms with Crippen molar-refractivity contribution in [3.8, 4) is 5.75 Å². The lowest BCUT2D eigenvalue weighted by Crippen LogP contribution is -2.19. The van der Waals surface area contributed by atoms with Crippen LogP contribution in [-0.2, 0) is 9.53 Å². The summed E-state index contributed by atoms with van der Waals surface area (Å²) < 4.78 is 10.6. The Labute approximate surface area is 130 Å². The van der Waals surface area contributed by atoms with E-state index in [9.17, 15) is 4.79 Å². The summed E-state index contributed by atoms with van der Waals surface area (Å²) in [6.07, 6.45) is 1.29. The third-order valence-electron chi connectivity index (χ3n) is 3.04. The minimum Gasteiger partial charge on any atom is -0.500 e. The van der Waals surface area contributed by atoms with E-state index in [1.165, 1.54) is 13.4 Å². The van der Waals surface area contributed by atoms with Gasteiger partial charge in [-0.05, 0) is 43.2 Å². The number of amides is 1. The second-order valence-electron chi connectivity index (χ2n) is 4.91. The summed E-state index contributed by atoms with van der Waals surface area (Å²) in [5.74, 6) is 0.346. The van der Waals surface area contributed by atoms with Gasteiger partial charge in [-0.2, -0.15) is 0 Å². The molecule has 0 aromatic heterocycles. The van der Waals surface area contributed by atoms with Crippen LogP contribution in [-0.4, -0.2) is 13.0 Å². The van der Waals surface area contributed by atoms with Crippen LogP contribution in [0.25, 0.3) is 0 Å². The van der Waals surface area contributed by atoms with Gasteiger partial charge in [0.15, 0.2) is 0 Å². The van der Waals surface area contributed by atoms with Crippen LogP contribution >= 0.6 is 0 Å². The van der Waals surface area contributed by atoms with E-state index in [2.05, 4.69) is 5.32 Å². The fourth-order valence-corrected chi connectivity index (χ4v) is 1.94. The third-order valence-corrected chi connectivity index (χ3v) is 3.04. The van der Waals surface area contributed by atoms with Gasteiger partial charge in [0, 0.05) is 5.69 Å². The number of anilines is 1. The molecular formula is C18H19NO3. The molecule has 2 aromatic carbocycles. The molecule has 0 aliphatic rings. The van der Waals surface area contributed by atoms with Crippen molar-refractivity contribution in [3.63, 3.8) is 0 Å². The molecule has 0 aliphatic heterocycles. The van der Waals surface area contributed by atoms with Gasteiger partial charge in [-0.25, -0.2) is 0 Å². The number of methoxy groups -OCH3 is 1. The normalized spacial score (nSPS) is 11.0. The van der Waals surface area contributed by atoms with E-state index in [1.807, 2.05) is 56.3 Å². The van der Waals surface area contributed by atoms with Crippen molar-refractivity contribution >= 4 is 11.6 Å². The molecule has 0 fully saturated rings. The molecule has 1 N–H and O–H groups in total. The van der Waals surface area contributed by atoms with Gasteiger partial charge in [-0.1, -0.05) is 30.3 Å². The molecule has 114 valence electrons. The monoisotopic (exact) mass is 297 g/mol. The van der Waals surface area contributed by atoms with Crippen molar-refractivity contribution in [2.75, 3.05) is 12.4 Å². The molecule has 4 heteroatoms. The van der Waals surface area contributed by atoms with Gasteiger partial charge < -0.3 is 14.8 Å². The van der Waals surface area contributed by atoms with Crippen LogP contribution in [0.5, 0.6) is 5.75 Å². The van der Waals surface area contributed by atoms with Crippen LogP contribution in [0.15, 0.2) is 60.6 Å². The van der Waals surface area contributed by atoms with Crippen LogP contribution in [0.2, 0.25) is 0 Å². The van der Waals surface area contributed by atoms with Gasteiger partial charge in [-0.3, -0.25) is 4.79 Å². The Kier molecular flexibility index (Phi) is 5.20. The third kappa shape index (κ3) is 4.12. The predicted molar refractivity (Wildman–Crippen MR) is 86.7 cm³/mol. The highest BCUT2D eigenvalue weighted by Crippen LogP contribution is 2.20. The fourth-order valence-electron chi connectivity index (χ4n) is 1.94. The number of carbonyl (C=O) groups excluding carboxylic acids is 1. The van der Waals surface area contributed by atoms with Gasteiger partial charge in [0.05, 0.1) is 7.11 Å². The standard InChI is InChI=1S/C18H19NO3/c1-13-7-6-9-15(11-13)19-18(20)17(12-21-3)22-16-10-5-4-8-14(16)2/h4-12H,1-3H3,(H,19,20)/b17-12+. The number of aryl methyl sites for hydroxylation is 2. The molecule has 0 unspecified atom stereocenters. The highest BCUT2D eigenvalue weighted by atomic mass is 16.5. The molecule has 0 heterocycles. The Balaban J connectivity index is 2.16. The smallest absolute Gasteiger partial charge is 0.294 e. The maximum atomic E-state index is 12.3. The van der Waals surface area contributed by atoms with Gasteiger partial charge >= 0.3 is 0 Å². The number of hydrogen-bond acceptors (Lipinski definition) is 3. The first-order chi connectivity index (χ1) is 10.6. The molecule has 0 spiro atoms. The van der Waals surface area contributed by atoms with E-state index in [0.29, 0.717) is 11.4 Å². The average molecular weight is 297 g/mol. The zero-order valence-electron chi connectivity index (χ0n) is 12.9. The first-order valence-corrected chi connectivity index (χ1v) is 6.94. The molecule has 4 nitrogen and oxygen atoms in total. The number of benzene rings is 2. The molecule has 0 saturated carbocycles. The van der Waals surface area contributed by atoms with E-state index in [4.69, 9.17) is 9.47 Å². The van der Waals surface area contributed by atoms with Crippen LogP contribution in [0.3, 0.4) is 0 Å². The molecule has 0 aliphatic carbocycles. The Bertz CT molecular complexity index is 692. The van der Waals surface area contributed by atoms with Crippen molar-refractivity contribution in [3.05, 3.63) is 71.7 Å². The lowest BCUT2D eigenvalue weighted by molar-refractivity contribution is -0.115. The SMILES string of the molecule is CO/C=C(/Oc1ccccc1C)C(=O)Nc1cccc(C)c1. The number of rotatable bonds is 5. The number of ether oxygens (including phenoxy) is 2. The summed E-state index contributed by atoms with van der Waals surface area (Å²) in [5.41, 5.74) is 2.71. The number of carbonyl (C=O) groups is 1. The van der Waals surface area contributed by atoms with Crippen LogP contribution in [0.4, 0.5) is 5.69 Å². The maximum absolute atomic E-state index is 12.3. The number of nitrogens with one attached hydrogen (secondary N) is 1. The quantitative estimate of drug-likeness (QED) is 0.674.